The summed E-state index contributed by atoms with van der Waals surface area (Å²) in [5.41, 5.74) is 8.76. The zero-order valence-corrected chi connectivity index (χ0v) is 14.1. The van der Waals surface area contributed by atoms with E-state index in [1.807, 2.05) is 0 Å². The first kappa shape index (κ1) is 14.4. The first-order valence-corrected chi connectivity index (χ1v) is 7.85. The molecule has 0 spiro atoms. The molecule has 0 saturated heterocycles. The van der Waals surface area contributed by atoms with Gasteiger partial charge in [-0.3, -0.25) is 0 Å². The summed E-state index contributed by atoms with van der Waals surface area (Å²) in [5, 5.41) is 0. The highest BCUT2D eigenvalue weighted by Crippen LogP contribution is 2.40. The van der Waals surface area contributed by atoms with E-state index in [-0.39, 0.29) is 10.8 Å². The molecule has 0 unspecified atom stereocenters. The Labute approximate surface area is 129 Å². The summed E-state index contributed by atoms with van der Waals surface area (Å²) in [4.78, 5) is 0. The third-order valence-corrected chi connectivity index (χ3v) is 4.53. The lowest BCUT2D eigenvalue weighted by Gasteiger charge is -2.21. The Morgan fingerprint density at radius 3 is 2.05 bits per heavy atom. The van der Waals surface area contributed by atoms with Crippen LogP contribution < -0.4 is 0 Å². The van der Waals surface area contributed by atoms with E-state index in [4.69, 9.17) is 0 Å². The standard InChI is InChI=1S/C21H25/c1-20(2,3)16-9-7-14-11-15-8-10-17(21(4,5)6)13-19(15)18(14)12-16/h7,9-10,12-13H,11H2,1-6H3. The number of hydrogen-bond acceptors (Lipinski definition) is 0. The highest BCUT2D eigenvalue weighted by molar-refractivity contribution is 5.78. The topological polar surface area (TPSA) is 0 Å². The molecule has 1 radical (unpaired) electrons. The van der Waals surface area contributed by atoms with Crippen LogP contribution in [0.1, 0.15) is 63.8 Å². The van der Waals surface area contributed by atoms with Crippen LogP contribution in [0.3, 0.4) is 0 Å². The van der Waals surface area contributed by atoms with Crippen molar-refractivity contribution in [1.82, 2.24) is 0 Å². The van der Waals surface area contributed by atoms with Gasteiger partial charge in [0.05, 0.1) is 0 Å². The second kappa shape index (κ2) is 4.47. The van der Waals surface area contributed by atoms with Gasteiger partial charge in [-0.25, -0.2) is 0 Å². The van der Waals surface area contributed by atoms with Gasteiger partial charge in [-0.1, -0.05) is 71.9 Å². The third kappa shape index (κ3) is 2.52. The van der Waals surface area contributed by atoms with Gasteiger partial charge in [-0.15, -0.1) is 0 Å². The number of benzene rings is 2. The van der Waals surface area contributed by atoms with Crippen molar-refractivity contribution in [2.75, 3.05) is 0 Å². The number of fused-ring (bicyclic) bond motifs is 3. The molecule has 2 aromatic carbocycles. The fourth-order valence-electron chi connectivity index (χ4n) is 2.98. The predicted octanol–water partition coefficient (Wildman–Crippen LogP) is 5.65. The average Bonchev–Trinajstić information content (AvgIpc) is 2.73. The van der Waals surface area contributed by atoms with Crippen molar-refractivity contribution in [3.05, 3.63) is 58.7 Å². The quantitative estimate of drug-likeness (QED) is 0.498. The maximum atomic E-state index is 3.53. The van der Waals surface area contributed by atoms with Gasteiger partial charge in [0, 0.05) is 0 Å². The Morgan fingerprint density at radius 1 is 0.810 bits per heavy atom. The van der Waals surface area contributed by atoms with E-state index >= 15 is 0 Å². The fourth-order valence-corrected chi connectivity index (χ4v) is 2.98. The monoisotopic (exact) mass is 277 g/mol. The molecule has 0 heterocycles. The van der Waals surface area contributed by atoms with Crippen molar-refractivity contribution in [2.45, 2.75) is 58.8 Å². The smallest absolute Gasteiger partial charge is 0.000728 e. The van der Waals surface area contributed by atoms with E-state index in [9.17, 15) is 0 Å². The fraction of sp³-hybridized carbons (Fsp3) is 0.429. The van der Waals surface area contributed by atoms with Crippen LogP contribution in [0, 0.1) is 6.07 Å². The van der Waals surface area contributed by atoms with Crippen LogP contribution in [-0.2, 0) is 17.3 Å². The molecule has 0 N–H and O–H groups in total. The molecule has 0 heteroatoms. The zero-order valence-electron chi connectivity index (χ0n) is 14.1. The normalized spacial score (nSPS) is 14.0. The van der Waals surface area contributed by atoms with Crippen LogP contribution in [0.4, 0.5) is 0 Å². The van der Waals surface area contributed by atoms with Crippen molar-refractivity contribution in [3.8, 4) is 11.1 Å². The van der Waals surface area contributed by atoms with Gasteiger partial charge < -0.3 is 0 Å². The lowest BCUT2D eigenvalue weighted by atomic mass is 9.83. The minimum atomic E-state index is 0.177. The summed E-state index contributed by atoms with van der Waals surface area (Å²) < 4.78 is 0. The summed E-state index contributed by atoms with van der Waals surface area (Å²) in [6, 6.07) is 15.1. The largest absolute Gasteiger partial charge is 0.0582 e. The van der Waals surface area contributed by atoms with Crippen LogP contribution in [0.25, 0.3) is 11.1 Å². The van der Waals surface area contributed by atoms with Crippen molar-refractivity contribution in [3.63, 3.8) is 0 Å². The highest BCUT2D eigenvalue weighted by atomic mass is 14.3. The van der Waals surface area contributed by atoms with Gasteiger partial charge >= 0.3 is 0 Å². The van der Waals surface area contributed by atoms with Crippen molar-refractivity contribution < 1.29 is 0 Å². The molecule has 109 valence electrons. The predicted molar refractivity (Wildman–Crippen MR) is 90.9 cm³/mol. The third-order valence-electron chi connectivity index (χ3n) is 4.53. The molecule has 0 nitrogen and oxygen atoms in total. The Kier molecular flexibility index (Phi) is 3.06. The number of hydrogen-bond donors (Lipinski definition) is 0. The average molecular weight is 277 g/mol. The van der Waals surface area contributed by atoms with Crippen molar-refractivity contribution in [1.29, 1.82) is 0 Å². The van der Waals surface area contributed by atoms with Crippen LogP contribution in [0.5, 0.6) is 0 Å². The lowest BCUT2D eigenvalue weighted by molar-refractivity contribution is 0.589. The van der Waals surface area contributed by atoms with Gasteiger partial charge in [0.15, 0.2) is 0 Å². The minimum absolute atomic E-state index is 0.177. The molecule has 0 saturated carbocycles. The Morgan fingerprint density at radius 2 is 1.43 bits per heavy atom. The molecule has 0 fully saturated rings. The molecule has 3 rings (SSSR count). The van der Waals surface area contributed by atoms with Crippen LogP contribution >= 0.6 is 0 Å². The Hall–Kier alpha value is -1.56. The molecular weight excluding hydrogens is 252 g/mol. The molecule has 1 aliphatic carbocycles. The summed E-state index contributed by atoms with van der Waals surface area (Å²) in [6.07, 6.45) is 1.03. The van der Waals surface area contributed by atoms with E-state index in [1.165, 1.54) is 33.4 Å². The van der Waals surface area contributed by atoms with E-state index in [1.54, 1.807) is 0 Å². The van der Waals surface area contributed by atoms with E-state index in [2.05, 4.69) is 77.9 Å². The molecule has 0 aromatic heterocycles. The minimum Gasteiger partial charge on any atom is -0.0582 e. The first-order chi connectivity index (χ1) is 9.66. The van der Waals surface area contributed by atoms with E-state index in [0.29, 0.717) is 0 Å². The summed E-state index contributed by atoms with van der Waals surface area (Å²) in [6.45, 7) is 13.6. The van der Waals surface area contributed by atoms with Gasteiger partial charge in [0.25, 0.3) is 0 Å². The Balaban J connectivity index is 2.15. The van der Waals surface area contributed by atoms with Crippen molar-refractivity contribution >= 4 is 0 Å². The molecular formula is C21H25. The number of rotatable bonds is 0. The molecule has 0 bridgehead atoms. The van der Waals surface area contributed by atoms with Gasteiger partial charge in [-0.2, -0.15) is 0 Å². The lowest BCUT2D eigenvalue weighted by Crippen LogP contribution is -2.11. The molecule has 0 atom stereocenters. The molecule has 2 aromatic rings. The molecule has 21 heavy (non-hydrogen) atoms. The maximum Gasteiger partial charge on any atom is -0.000728 e. The SMILES string of the molecule is CC(C)(C)c1c[c]c2c(c1)-c1cc(C(C)(C)C)ccc1C2. The van der Waals surface area contributed by atoms with Crippen molar-refractivity contribution in [2.24, 2.45) is 0 Å². The maximum absolute atomic E-state index is 3.53. The first-order valence-electron chi connectivity index (χ1n) is 7.85. The van der Waals surface area contributed by atoms with E-state index < -0.39 is 0 Å². The van der Waals surface area contributed by atoms with E-state index in [0.717, 1.165) is 6.42 Å². The zero-order chi connectivity index (χ0) is 15.4. The molecule has 1 aliphatic rings. The second-order valence-corrected chi connectivity index (χ2v) is 8.33. The molecule has 0 amide bonds. The summed E-state index contributed by atoms with van der Waals surface area (Å²) in [5.74, 6) is 0. The Bertz CT molecular complexity index is 629. The van der Waals surface area contributed by atoms with Gasteiger partial charge in [-0.05, 0) is 56.7 Å². The molecule has 0 aliphatic heterocycles. The summed E-state index contributed by atoms with van der Waals surface area (Å²) >= 11 is 0. The van der Waals surface area contributed by atoms with Crippen LogP contribution in [0.2, 0.25) is 0 Å². The highest BCUT2D eigenvalue weighted by Gasteiger charge is 2.24. The van der Waals surface area contributed by atoms with Crippen LogP contribution in [-0.4, -0.2) is 0 Å². The summed E-state index contributed by atoms with van der Waals surface area (Å²) in [7, 11) is 0. The van der Waals surface area contributed by atoms with Gasteiger partial charge in [0.1, 0.15) is 0 Å². The van der Waals surface area contributed by atoms with Crippen LogP contribution in [0.15, 0.2) is 30.3 Å². The second-order valence-electron chi connectivity index (χ2n) is 8.33. The van der Waals surface area contributed by atoms with Gasteiger partial charge in [0.2, 0.25) is 0 Å².